The van der Waals surface area contributed by atoms with E-state index in [1.807, 2.05) is 17.8 Å². The standard InChI is InChI=1S/C21H33N3O3S/c1-26-21-8-16(11-23-4-6-28-7-5-23)2-3-20(21)27-15-19(25)14-24-12-17-9-22-10-18(17)13-24/h2-3,8,17-19,22,25H,4-7,9-15H2,1H3/t17-,18+,19?. The summed E-state index contributed by atoms with van der Waals surface area (Å²) in [5.41, 5.74) is 1.24. The summed E-state index contributed by atoms with van der Waals surface area (Å²) in [7, 11) is 1.68. The highest BCUT2D eigenvalue weighted by molar-refractivity contribution is 7.99. The van der Waals surface area contributed by atoms with Crippen LogP contribution in [0.15, 0.2) is 18.2 Å². The fourth-order valence-corrected chi connectivity index (χ4v) is 5.56. The fraction of sp³-hybridized carbons (Fsp3) is 0.714. The van der Waals surface area contributed by atoms with Crippen molar-refractivity contribution < 1.29 is 14.6 Å². The zero-order valence-corrected chi connectivity index (χ0v) is 17.6. The Bertz CT molecular complexity index is 629. The molecule has 6 nitrogen and oxygen atoms in total. The molecule has 3 atom stereocenters. The van der Waals surface area contributed by atoms with E-state index in [2.05, 4.69) is 27.2 Å². The molecular weight excluding hydrogens is 374 g/mol. The van der Waals surface area contributed by atoms with Crippen LogP contribution in [0.1, 0.15) is 5.56 Å². The van der Waals surface area contributed by atoms with Gasteiger partial charge in [0.05, 0.1) is 7.11 Å². The number of ether oxygens (including phenoxy) is 2. The van der Waals surface area contributed by atoms with Gasteiger partial charge in [-0.3, -0.25) is 9.80 Å². The van der Waals surface area contributed by atoms with Crippen LogP contribution >= 0.6 is 11.8 Å². The van der Waals surface area contributed by atoms with Gasteiger partial charge in [0.25, 0.3) is 0 Å². The summed E-state index contributed by atoms with van der Waals surface area (Å²) in [5, 5.41) is 13.9. The van der Waals surface area contributed by atoms with E-state index in [0.717, 1.165) is 63.4 Å². The lowest BCUT2D eigenvalue weighted by Crippen LogP contribution is -2.36. The molecular formula is C21H33N3O3S. The van der Waals surface area contributed by atoms with Crippen LogP contribution in [0.25, 0.3) is 0 Å². The third kappa shape index (κ3) is 5.13. The Morgan fingerprint density at radius 3 is 2.61 bits per heavy atom. The molecule has 2 N–H and O–H groups in total. The number of fused-ring (bicyclic) bond motifs is 1. The minimum absolute atomic E-state index is 0.295. The van der Waals surface area contributed by atoms with Gasteiger partial charge in [-0.05, 0) is 42.6 Å². The smallest absolute Gasteiger partial charge is 0.161 e. The molecule has 3 heterocycles. The van der Waals surface area contributed by atoms with Crippen LogP contribution in [-0.4, -0.2) is 92.0 Å². The molecule has 1 aromatic carbocycles. The second-order valence-electron chi connectivity index (χ2n) is 8.24. The van der Waals surface area contributed by atoms with Gasteiger partial charge >= 0.3 is 0 Å². The number of benzene rings is 1. The fourth-order valence-electron chi connectivity index (χ4n) is 4.59. The average molecular weight is 408 g/mol. The monoisotopic (exact) mass is 407 g/mol. The number of methoxy groups -OCH3 is 1. The number of hydrogen-bond acceptors (Lipinski definition) is 7. The second-order valence-corrected chi connectivity index (χ2v) is 9.46. The number of hydrogen-bond donors (Lipinski definition) is 2. The third-order valence-corrected chi connectivity index (χ3v) is 7.05. The van der Waals surface area contributed by atoms with Gasteiger partial charge in [0.1, 0.15) is 12.7 Å². The Labute approximate surface area is 172 Å². The van der Waals surface area contributed by atoms with Crippen LogP contribution in [0.5, 0.6) is 11.5 Å². The lowest BCUT2D eigenvalue weighted by Gasteiger charge is -2.26. The summed E-state index contributed by atoms with van der Waals surface area (Å²) >= 11 is 2.03. The molecule has 1 aromatic rings. The van der Waals surface area contributed by atoms with Crippen LogP contribution in [0.3, 0.4) is 0 Å². The van der Waals surface area contributed by atoms with Gasteiger partial charge in [-0.2, -0.15) is 11.8 Å². The maximum Gasteiger partial charge on any atom is 0.161 e. The highest BCUT2D eigenvalue weighted by atomic mass is 32.2. The van der Waals surface area contributed by atoms with Crippen LogP contribution in [0, 0.1) is 11.8 Å². The molecule has 28 heavy (non-hydrogen) atoms. The summed E-state index contributed by atoms with van der Waals surface area (Å²) in [4.78, 5) is 4.86. The van der Waals surface area contributed by atoms with E-state index < -0.39 is 6.10 Å². The van der Waals surface area contributed by atoms with E-state index in [0.29, 0.717) is 18.9 Å². The van der Waals surface area contributed by atoms with Crippen molar-refractivity contribution in [3.05, 3.63) is 23.8 Å². The Morgan fingerprint density at radius 2 is 1.89 bits per heavy atom. The van der Waals surface area contributed by atoms with Gasteiger partial charge in [-0.15, -0.1) is 0 Å². The van der Waals surface area contributed by atoms with Crippen LogP contribution in [0.4, 0.5) is 0 Å². The zero-order chi connectivity index (χ0) is 19.3. The minimum atomic E-state index is -0.484. The summed E-state index contributed by atoms with van der Waals surface area (Å²) in [6.07, 6.45) is -0.484. The number of aliphatic hydroxyl groups excluding tert-OH is 1. The molecule has 0 aliphatic carbocycles. The molecule has 3 aliphatic rings. The Hall–Kier alpha value is -0.990. The van der Waals surface area contributed by atoms with Crippen molar-refractivity contribution in [1.82, 2.24) is 15.1 Å². The lowest BCUT2D eigenvalue weighted by molar-refractivity contribution is 0.0725. The van der Waals surface area contributed by atoms with Crippen molar-refractivity contribution in [1.29, 1.82) is 0 Å². The highest BCUT2D eigenvalue weighted by Crippen LogP contribution is 2.30. The molecule has 7 heteroatoms. The van der Waals surface area contributed by atoms with Gasteiger partial charge in [-0.25, -0.2) is 0 Å². The predicted octanol–water partition coefficient (Wildman–Crippen LogP) is 1.13. The average Bonchev–Trinajstić information content (AvgIpc) is 3.29. The zero-order valence-electron chi connectivity index (χ0n) is 16.8. The summed E-state index contributed by atoms with van der Waals surface area (Å²) in [6.45, 7) is 8.62. The van der Waals surface area contributed by atoms with Gasteiger partial charge in [0, 0.05) is 50.8 Å². The molecule has 3 saturated heterocycles. The predicted molar refractivity (Wildman–Crippen MR) is 113 cm³/mol. The van der Waals surface area contributed by atoms with Crippen LogP contribution < -0.4 is 14.8 Å². The lowest BCUT2D eigenvalue weighted by atomic mass is 10.0. The van der Waals surface area contributed by atoms with Gasteiger partial charge in [-0.1, -0.05) is 6.07 Å². The maximum atomic E-state index is 10.4. The number of thioether (sulfide) groups is 1. The largest absolute Gasteiger partial charge is 0.493 e. The number of nitrogens with zero attached hydrogens (tertiary/aromatic N) is 2. The molecule has 3 fully saturated rings. The Kier molecular flexibility index (Phi) is 7.01. The molecule has 4 rings (SSSR count). The molecule has 0 amide bonds. The molecule has 156 valence electrons. The van der Waals surface area contributed by atoms with Gasteiger partial charge in [0.2, 0.25) is 0 Å². The van der Waals surface area contributed by atoms with Gasteiger partial charge in [0.15, 0.2) is 11.5 Å². The van der Waals surface area contributed by atoms with Crippen molar-refractivity contribution in [3.8, 4) is 11.5 Å². The molecule has 0 aromatic heterocycles. The molecule has 0 spiro atoms. The first kappa shape index (κ1) is 20.3. The van der Waals surface area contributed by atoms with Crippen molar-refractivity contribution in [2.45, 2.75) is 12.6 Å². The first-order chi connectivity index (χ1) is 13.7. The highest BCUT2D eigenvalue weighted by Gasteiger charge is 2.36. The molecule has 0 radical (unpaired) electrons. The Morgan fingerprint density at radius 1 is 1.14 bits per heavy atom. The first-order valence-corrected chi connectivity index (χ1v) is 11.6. The SMILES string of the molecule is COc1cc(CN2CCSCC2)ccc1OCC(O)CN1C[C@H]2CNC[C@H]2C1. The molecule has 1 unspecified atom stereocenters. The minimum Gasteiger partial charge on any atom is -0.493 e. The number of β-amino-alcohol motifs (C(OH)–C–C–N with tert-alkyl or cyclic N) is 1. The summed E-state index contributed by atoms with van der Waals surface area (Å²) < 4.78 is 11.5. The van der Waals surface area contributed by atoms with Gasteiger partial charge < -0.3 is 19.9 Å². The third-order valence-electron chi connectivity index (χ3n) is 6.10. The number of aliphatic hydroxyl groups is 1. The second kappa shape index (κ2) is 9.67. The summed E-state index contributed by atoms with van der Waals surface area (Å²) in [6, 6.07) is 6.16. The normalized spacial score (nSPS) is 26.9. The maximum absolute atomic E-state index is 10.4. The molecule has 3 aliphatic heterocycles. The van der Waals surface area contributed by atoms with Crippen molar-refractivity contribution in [3.63, 3.8) is 0 Å². The Balaban J connectivity index is 1.26. The van der Waals surface area contributed by atoms with Crippen LogP contribution in [-0.2, 0) is 6.54 Å². The number of rotatable bonds is 8. The van der Waals surface area contributed by atoms with Crippen molar-refractivity contribution >= 4 is 11.8 Å². The quantitative estimate of drug-likeness (QED) is 0.670. The number of nitrogens with one attached hydrogen (secondary N) is 1. The van der Waals surface area contributed by atoms with Crippen molar-refractivity contribution in [2.75, 3.05) is 71.0 Å². The van der Waals surface area contributed by atoms with E-state index in [-0.39, 0.29) is 0 Å². The molecule has 0 bridgehead atoms. The topological polar surface area (TPSA) is 57.2 Å². The van der Waals surface area contributed by atoms with E-state index in [1.165, 1.54) is 17.1 Å². The van der Waals surface area contributed by atoms with E-state index in [1.54, 1.807) is 7.11 Å². The van der Waals surface area contributed by atoms with E-state index in [9.17, 15) is 5.11 Å². The molecule has 0 saturated carbocycles. The summed E-state index contributed by atoms with van der Waals surface area (Å²) in [5.74, 6) is 5.38. The van der Waals surface area contributed by atoms with E-state index >= 15 is 0 Å². The van der Waals surface area contributed by atoms with Crippen molar-refractivity contribution in [2.24, 2.45) is 11.8 Å². The first-order valence-electron chi connectivity index (χ1n) is 10.4. The van der Waals surface area contributed by atoms with E-state index in [4.69, 9.17) is 9.47 Å². The van der Waals surface area contributed by atoms with Crippen LogP contribution in [0.2, 0.25) is 0 Å². The number of likely N-dealkylation sites (tertiary alicyclic amines) is 1.